The molecule has 3 rings (SSSR count). The van der Waals surface area contributed by atoms with Gasteiger partial charge in [0, 0.05) is 17.1 Å². The molecule has 0 saturated carbocycles. The number of nitrogens with zero attached hydrogens (tertiary/aromatic N) is 2. The Hall–Kier alpha value is -1.56. The van der Waals surface area contributed by atoms with Crippen LogP contribution in [0.3, 0.4) is 0 Å². The van der Waals surface area contributed by atoms with Gasteiger partial charge in [-0.05, 0) is 12.1 Å². The third-order valence-corrected chi connectivity index (χ3v) is 4.22. The van der Waals surface area contributed by atoms with Crippen molar-refractivity contribution >= 4 is 45.5 Å². The minimum Gasteiger partial charge on any atom is -0.476 e. The van der Waals surface area contributed by atoms with Crippen molar-refractivity contribution in [1.82, 2.24) is 9.38 Å². The Balaban J connectivity index is 2.18. The maximum Gasteiger partial charge on any atom is 0.356 e. The summed E-state index contributed by atoms with van der Waals surface area (Å²) in [6.45, 7) is 0. The fourth-order valence-electron chi connectivity index (χ4n) is 1.75. The zero-order valence-electron chi connectivity index (χ0n) is 9.30. The standard InChI is InChI=1S/C12H6Cl2N2O2S/c13-7-2-1-6(3-8(7)14)10-5-19-12-15-9(11(17)18)4-16(10)12/h1-5H,(H,17,18). The van der Waals surface area contributed by atoms with Crippen molar-refractivity contribution in [3.05, 3.63) is 45.5 Å². The summed E-state index contributed by atoms with van der Waals surface area (Å²) >= 11 is 13.2. The number of aromatic carboxylic acids is 1. The molecule has 1 N–H and O–H groups in total. The Kier molecular flexibility index (Phi) is 2.97. The molecular formula is C12H6Cl2N2O2S. The van der Waals surface area contributed by atoms with Gasteiger partial charge in [-0.25, -0.2) is 9.78 Å². The van der Waals surface area contributed by atoms with Gasteiger partial charge in [-0.15, -0.1) is 11.3 Å². The van der Waals surface area contributed by atoms with Crippen molar-refractivity contribution in [3.63, 3.8) is 0 Å². The predicted molar refractivity (Wildman–Crippen MR) is 75.5 cm³/mol. The molecule has 2 heterocycles. The second kappa shape index (κ2) is 4.52. The molecule has 0 spiro atoms. The Labute approximate surface area is 121 Å². The van der Waals surface area contributed by atoms with Gasteiger partial charge in [0.05, 0.1) is 15.7 Å². The lowest BCUT2D eigenvalue weighted by Gasteiger charge is -2.01. The van der Waals surface area contributed by atoms with Crippen LogP contribution >= 0.6 is 34.5 Å². The van der Waals surface area contributed by atoms with Gasteiger partial charge < -0.3 is 5.11 Å². The molecule has 0 bridgehead atoms. The normalized spacial score (nSPS) is 11.1. The van der Waals surface area contributed by atoms with Gasteiger partial charge in [0.15, 0.2) is 10.7 Å². The topological polar surface area (TPSA) is 54.6 Å². The highest BCUT2D eigenvalue weighted by molar-refractivity contribution is 7.15. The maximum atomic E-state index is 10.9. The highest BCUT2D eigenvalue weighted by atomic mass is 35.5. The van der Waals surface area contributed by atoms with Gasteiger partial charge in [0.25, 0.3) is 0 Å². The summed E-state index contributed by atoms with van der Waals surface area (Å²) in [5.74, 6) is -1.05. The zero-order valence-corrected chi connectivity index (χ0v) is 11.6. The lowest BCUT2D eigenvalue weighted by atomic mass is 10.2. The largest absolute Gasteiger partial charge is 0.476 e. The lowest BCUT2D eigenvalue weighted by molar-refractivity contribution is 0.0691. The van der Waals surface area contributed by atoms with Crippen LogP contribution in [0.15, 0.2) is 29.8 Å². The smallest absolute Gasteiger partial charge is 0.356 e. The number of thiazole rings is 1. The molecule has 19 heavy (non-hydrogen) atoms. The van der Waals surface area contributed by atoms with E-state index < -0.39 is 5.97 Å². The fraction of sp³-hybridized carbons (Fsp3) is 0. The molecule has 0 aliphatic carbocycles. The van der Waals surface area contributed by atoms with E-state index >= 15 is 0 Å². The number of aromatic nitrogens is 2. The molecule has 0 amide bonds. The first-order valence-electron chi connectivity index (χ1n) is 5.21. The first-order chi connectivity index (χ1) is 9.06. The summed E-state index contributed by atoms with van der Waals surface area (Å²) in [6.07, 6.45) is 1.49. The van der Waals surface area contributed by atoms with E-state index in [1.807, 2.05) is 11.4 Å². The van der Waals surface area contributed by atoms with Crippen LogP contribution in [0.5, 0.6) is 0 Å². The molecule has 1 aromatic carbocycles. The highest BCUT2D eigenvalue weighted by Crippen LogP contribution is 2.31. The first-order valence-corrected chi connectivity index (χ1v) is 6.85. The second-order valence-corrected chi connectivity index (χ2v) is 5.48. The van der Waals surface area contributed by atoms with Gasteiger partial charge >= 0.3 is 5.97 Å². The van der Waals surface area contributed by atoms with Crippen LogP contribution in [-0.4, -0.2) is 20.5 Å². The lowest BCUT2D eigenvalue weighted by Crippen LogP contribution is -1.95. The van der Waals surface area contributed by atoms with Crippen molar-refractivity contribution < 1.29 is 9.90 Å². The molecule has 7 heteroatoms. The number of carboxylic acids is 1. The Morgan fingerprint density at radius 3 is 2.79 bits per heavy atom. The number of benzene rings is 1. The summed E-state index contributed by atoms with van der Waals surface area (Å²) < 4.78 is 1.73. The van der Waals surface area contributed by atoms with Gasteiger partial charge in [0.2, 0.25) is 0 Å². The van der Waals surface area contributed by atoms with E-state index in [0.29, 0.717) is 15.0 Å². The monoisotopic (exact) mass is 312 g/mol. The third-order valence-electron chi connectivity index (χ3n) is 2.64. The Bertz CT molecular complexity index is 794. The van der Waals surface area contributed by atoms with Crippen molar-refractivity contribution in [3.8, 4) is 11.3 Å². The average Bonchev–Trinajstić information content (AvgIpc) is 2.92. The van der Waals surface area contributed by atoms with E-state index in [2.05, 4.69) is 4.98 Å². The van der Waals surface area contributed by atoms with Gasteiger partial charge in [-0.1, -0.05) is 29.3 Å². The molecule has 0 saturated heterocycles. The fourth-order valence-corrected chi connectivity index (χ4v) is 2.93. The number of imidazole rings is 1. The number of fused-ring (bicyclic) bond motifs is 1. The zero-order chi connectivity index (χ0) is 13.6. The number of hydrogen-bond donors (Lipinski definition) is 1. The van der Waals surface area contributed by atoms with E-state index in [4.69, 9.17) is 28.3 Å². The minimum absolute atomic E-state index is 0.0214. The molecule has 0 aliphatic heterocycles. The van der Waals surface area contributed by atoms with Crippen LogP contribution in [0.25, 0.3) is 16.2 Å². The van der Waals surface area contributed by atoms with Crippen molar-refractivity contribution in [2.45, 2.75) is 0 Å². The number of carboxylic acid groups (broad SMARTS) is 1. The van der Waals surface area contributed by atoms with Gasteiger partial charge in [0.1, 0.15) is 0 Å². The number of hydrogen-bond acceptors (Lipinski definition) is 3. The molecule has 0 unspecified atom stereocenters. The number of halogens is 2. The molecule has 0 fully saturated rings. The molecular weight excluding hydrogens is 307 g/mol. The van der Waals surface area contributed by atoms with Gasteiger partial charge in [-0.3, -0.25) is 4.40 Å². The summed E-state index contributed by atoms with van der Waals surface area (Å²) in [7, 11) is 0. The van der Waals surface area contributed by atoms with Crippen LogP contribution in [-0.2, 0) is 0 Å². The van der Waals surface area contributed by atoms with Crippen LogP contribution in [0.1, 0.15) is 10.5 Å². The molecule has 0 atom stereocenters. The summed E-state index contributed by atoms with van der Waals surface area (Å²) in [5, 5.41) is 11.8. The minimum atomic E-state index is -1.05. The maximum absolute atomic E-state index is 10.9. The quantitative estimate of drug-likeness (QED) is 0.776. The van der Waals surface area contributed by atoms with Gasteiger partial charge in [-0.2, -0.15) is 0 Å². The molecule has 2 aromatic heterocycles. The van der Waals surface area contributed by atoms with E-state index in [1.165, 1.54) is 17.5 Å². The summed E-state index contributed by atoms with van der Waals surface area (Å²) in [4.78, 5) is 15.6. The van der Waals surface area contributed by atoms with Crippen LogP contribution in [0.4, 0.5) is 0 Å². The Morgan fingerprint density at radius 2 is 2.11 bits per heavy atom. The molecule has 0 aliphatic rings. The summed E-state index contributed by atoms with van der Waals surface area (Å²) in [5.41, 5.74) is 1.71. The van der Waals surface area contributed by atoms with E-state index in [9.17, 15) is 4.79 Å². The van der Waals surface area contributed by atoms with Crippen molar-refractivity contribution in [2.75, 3.05) is 0 Å². The third kappa shape index (κ3) is 2.10. The van der Waals surface area contributed by atoms with E-state index in [0.717, 1.165) is 11.3 Å². The number of carbonyl (C=O) groups is 1. The van der Waals surface area contributed by atoms with Crippen LogP contribution in [0.2, 0.25) is 10.0 Å². The second-order valence-electron chi connectivity index (χ2n) is 3.83. The van der Waals surface area contributed by atoms with Crippen molar-refractivity contribution in [1.29, 1.82) is 0 Å². The highest BCUT2D eigenvalue weighted by Gasteiger charge is 2.14. The SMILES string of the molecule is O=C(O)c1cn2c(-c3ccc(Cl)c(Cl)c3)csc2n1. The summed E-state index contributed by atoms with van der Waals surface area (Å²) in [6, 6.07) is 5.28. The molecule has 4 nitrogen and oxygen atoms in total. The van der Waals surface area contributed by atoms with Crippen molar-refractivity contribution in [2.24, 2.45) is 0 Å². The molecule has 96 valence electrons. The van der Waals surface area contributed by atoms with Crippen LogP contribution in [0, 0.1) is 0 Å². The van der Waals surface area contributed by atoms with E-state index in [1.54, 1.807) is 16.5 Å². The first kappa shape index (κ1) is 12.5. The molecule has 0 radical (unpaired) electrons. The Morgan fingerprint density at radius 1 is 1.32 bits per heavy atom. The predicted octanol–water partition coefficient (Wildman–Crippen LogP) is 4.07. The van der Waals surface area contributed by atoms with Crippen LogP contribution < -0.4 is 0 Å². The van der Waals surface area contributed by atoms with E-state index in [-0.39, 0.29) is 5.69 Å². The average molecular weight is 313 g/mol. The molecule has 3 aromatic rings. The number of rotatable bonds is 2.